The molecule has 3 aromatic rings. The lowest BCUT2D eigenvalue weighted by atomic mass is 10.1. The van der Waals surface area contributed by atoms with Gasteiger partial charge in [0.15, 0.2) is 18.1 Å². The average molecular weight is 671 g/mol. The number of imide groups is 1. The molecule has 1 heterocycles. The van der Waals surface area contributed by atoms with Crippen LogP contribution < -0.4 is 14.8 Å². The van der Waals surface area contributed by atoms with Crippen LogP contribution in [0.4, 0.5) is 10.5 Å². The summed E-state index contributed by atoms with van der Waals surface area (Å²) in [5, 5.41) is 3.57. The smallest absolute Gasteiger partial charge is 0.293 e. The van der Waals surface area contributed by atoms with E-state index in [4.69, 9.17) is 44.3 Å². The van der Waals surface area contributed by atoms with Crippen molar-refractivity contribution >= 4 is 91.3 Å². The second-order valence-corrected chi connectivity index (χ2v) is 11.4. The molecular formula is C27H20BrCl3N2O5S. The maximum Gasteiger partial charge on any atom is 0.293 e. The minimum Gasteiger partial charge on any atom is -0.493 e. The van der Waals surface area contributed by atoms with Crippen LogP contribution in [-0.2, 0) is 16.1 Å². The van der Waals surface area contributed by atoms with Gasteiger partial charge < -0.3 is 14.8 Å². The number of anilines is 1. The van der Waals surface area contributed by atoms with Crippen molar-refractivity contribution in [1.82, 2.24) is 4.90 Å². The van der Waals surface area contributed by atoms with Crippen molar-refractivity contribution < 1.29 is 23.9 Å². The van der Waals surface area contributed by atoms with Gasteiger partial charge in [0.1, 0.15) is 0 Å². The monoisotopic (exact) mass is 668 g/mol. The molecular weight excluding hydrogens is 651 g/mol. The third kappa shape index (κ3) is 6.91. The number of nitrogens with zero attached hydrogens (tertiary/aromatic N) is 1. The molecule has 4 rings (SSSR count). The standard InChI is InChI=1S/C27H20BrCl3N2O5S/c1-14-6-7-16(11-21(14)31)32-24(34)13-38-25-18(28)8-15(9-22(25)37-2)10-23-26(35)33(27(36)39-23)12-17-19(29)4-3-5-20(17)30/h3-11H,12-13H2,1-2H3,(H,32,34)/b23-10-. The van der Waals surface area contributed by atoms with Crippen molar-refractivity contribution in [2.75, 3.05) is 19.0 Å². The summed E-state index contributed by atoms with van der Waals surface area (Å²) in [6.45, 7) is 1.53. The average Bonchev–Trinajstić information content (AvgIpc) is 3.14. The van der Waals surface area contributed by atoms with Gasteiger partial charge in [0.2, 0.25) is 0 Å². The topological polar surface area (TPSA) is 84.9 Å². The van der Waals surface area contributed by atoms with E-state index in [2.05, 4.69) is 21.2 Å². The third-order valence-electron chi connectivity index (χ3n) is 5.60. The van der Waals surface area contributed by atoms with Crippen LogP contribution in [0.1, 0.15) is 16.7 Å². The van der Waals surface area contributed by atoms with Crippen molar-refractivity contribution in [3.05, 3.63) is 89.7 Å². The zero-order valence-corrected chi connectivity index (χ0v) is 25.2. The molecule has 0 aromatic heterocycles. The Kier molecular flexibility index (Phi) is 9.51. The van der Waals surface area contributed by atoms with Crippen LogP contribution in [0.3, 0.4) is 0 Å². The summed E-state index contributed by atoms with van der Waals surface area (Å²) in [6, 6.07) is 13.5. The summed E-state index contributed by atoms with van der Waals surface area (Å²) in [7, 11) is 1.45. The zero-order chi connectivity index (χ0) is 28.3. The number of hydrogen-bond acceptors (Lipinski definition) is 6. The Hall–Kier alpha value is -2.69. The van der Waals surface area contributed by atoms with Gasteiger partial charge in [0, 0.05) is 26.3 Å². The number of amides is 3. The van der Waals surface area contributed by atoms with E-state index in [1.54, 1.807) is 54.6 Å². The van der Waals surface area contributed by atoms with Gasteiger partial charge in [0.05, 0.1) is 23.0 Å². The highest BCUT2D eigenvalue weighted by molar-refractivity contribution is 9.10. The molecule has 0 saturated carbocycles. The molecule has 3 amide bonds. The highest BCUT2D eigenvalue weighted by Gasteiger charge is 2.36. The van der Waals surface area contributed by atoms with Gasteiger partial charge in [-0.25, -0.2) is 0 Å². The summed E-state index contributed by atoms with van der Waals surface area (Å²) >= 11 is 22.8. The van der Waals surface area contributed by atoms with E-state index in [0.717, 1.165) is 22.2 Å². The summed E-state index contributed by atoms with van der Waals surface area (Å²) < 4.78 is 11.7. The van der Waals surface area contributed by atoms with Crippen LogP contribution in [0.2, 0.25) is 15.1 Å². The lowest BCUT2D eigenvalue weighted by Gasteiger charge is -2.15. The lowest BCUT2D eigenvalue weighted by Crippen LogP contribution is -2.27. The van der Waals surface area contributed by atoms with Crippen LogP contribution in [-0.4, -0.2) is 35.7 Å². The van der Waals surface area contributed by atoms with Crippen LogP contribution in [0, 0.1) is 6.92 Å². The fraction of sp³-hybridized carbons (Fsp3) is 0.148. The molecule has 39 heavy (non-hydrogen) atoms. The molecule has 1 N–H and O–H groups in total. The molecule has 0 bridgehead atoms. The molecule has 12 heteroatoms. The van der Waals surface area contributed by atoms with Crippen molar-refractivity contribution in [2.45, 2.75) is 13.5 Å². The van der Waals surface area contributed by atoms with Crippen LogP contribution in [0.5, 0.6) is 11.5 Å². The predicted molar refractivity (Wildman–Crippen MR) is 159 cm³/mol. The molecule has 3 aromatic carbocycles. The van der Waals surface area contributed by atoms with Gasteiger partial charge in [-0.2, -0.15) is 0 Å². The number of carbonyl (C=O) groups excluding carboxylic acids is 3. The van der Waals surface area contributed by atoms with E-state index in [-0.39, 0.29) is 24.0 Å². The first-order valence-electron chi connectivity index (χ1n) is 11.3. The molecule has 0 aliphatic carbocycles. The minimum absolute atomic E-state index is 0.0445. The first-order chi connectivity index (χ1) is 18.6. The Morgan fingerprint density at radius 1 is 1.08 bits per heavy atom. The molecule has 7 nitrogen and oxygen atoms in total. The molecule has 0 atom stereocenters. The second kappa shape index (κ2) is 12.7. The molecule has 202 valence electrons. The molecule has 1 aliphatic heterocycles. The van der Waals surface area contributed by atoms with Crippen LogP contribution >= 0.6 is 62.5 Å². The number of nitrogens with one attached hydrogen (secondary N) is 1. The Morgan fingerprint density at radius 2 is 1.79 bits per heavy atom. The Balaban J connectivity index is 1.48. The largest absolute Gasteiger partial charge is 0.493 e. The number of carbonyl (C=O) groups is 3. The second-order valence-electron chi connectivity index (χ2n) is 8.30. The SMILES string of the molecule is COc1cc(/C=C2\SC(=O)N(Cc3c(Cl)cccc3Cl)C2=O)cc(Br)c1OCC(=O)Nc1ccc(C)c(Cl)c1. The predicted octanol–water partition coefficient (Wildman–Crippen LogP) is 7.98. The lowest BCUT2D eigenvalue weighted by molar-refractivity contribution is -0.123. The number of methoxy groups -OCH3 is 1. The quantitative estimate of drug-likeness (QED) is 0.245. The first-order valence-corrected chi connectivity index (χ1v) is 14.1. The van der Waals surface area contributed by atoms with E-state index < -0.39 is 11.1 Å². The summed E-state index contributed by atoms with van der Waals surface area (Å²) in [4.78, 5) is 39.4. The Labute approximate surface area is 252 Å². The number of benzene rings is 3. The molecule has 1 aliphatic rings. The summed E-state index contributed by atoms with van der Waals surface area (Å²) in [6.07, 6.45) is 1.57. The van der Waals surface area contributed by atoms with Gasteiger partial charge in [0.25, 0.3) is 17.1 Å². The van der Waals surface area contributed by atoms with E-state index in [1.165, 1.54) is 7.11 Å². The maximum absolute atomic E-state index is 13.0. The number of aryl methyl sites for hydroxylation is 1. The van der Waals surface area contributed by atoms with Crippen molar-refractivity contribution in [3.8, 4) is 11.5 Å². The third-order valence-corrected chi connectivity index (χ3v) is 8.22. The van der Waals surface area contributed by atoms with Crippen molar-refractivity contribution in [2.24, 2.45) is 0 Å². The Morgan fingerprint density at radius 3 is 2.46 bits per heavy atom. The number of thioether (sulfide) groups is 1. The molecule has 0 radical (unpaired) electrons. The first kappa shape index (κ1) is 29.3. The van der Waals surface area contributed by atoms with Gasteiger partial charge >= 0.3 is 0 Å². The van der Waals surface area contributed by atoms with E-state index in [9.17, 15) is 14.4 Å². The van der Waals surface area contributed by atoms with E-state index in [0.29, 0.717) is 47.9 Å². The van der Waals surface area contributed by atoms with Gasteiger partial charge in [-0.05, 0) is 88.2 Å². The Bertz CT molecular complexity index is 1490. The molecule has 0 unspecified atom stereocenters. The molecule has 0 spiro atoms. The van der Waals surface area contributed by atoms with Crippen molar-refractivity contribution in [1.29, 1.82) is 0 Å². The summed E-state index contributed by atoms with van der Waals surface area (Å²) in [5.41, 5.74) is 2.51. The summed E-state index contributed by atoms with van der Waals surface area (Å²) in [5.74, 6) is -0.235. The number of hydrogen-bond donors (Lipinski definition) is 1. The normalized spacial score (nSPS) is 14.2. The fourth-order valence-corrected chi connectivity index (χ4v) is 5.71. The highest BCUT2D eigenvalue weighted by Crippen LogP contribution is 2.40. The van der Waals surface area contributed by atoms with Gasteiger partial charge in [-0.3, -0.25) is 19.3 Å². The number of halogens is 4. The molecule has 1 fully saturated rings. The highest BCUT2D eigenvalue weighted by atomic mass is 79.9. The van der Waals surface area contributed by atoms with Gasteiger partial charge in [-0.15, -0.1) is 0 Å². The zero-order valence-electron chi connectivity index (χ0n) is 20.5. The molecule has 1 saturated heterocycles. The van der Waals surface area contributed by atoms with Gasteiger partial charge in [-0.1, -0.05) is 46.9 Å². The minimum atomic E-state index is -0.468. The number of ether oxygens (including phenoxy) is 2. The van der Waals surface area contributed by atoms with E-state index in [1.807, 2.05) is 6.92 Å². The van der Waals surface area contributed by atoms with Crippen molar-refractivity contribution in [3.63, 3.8) is 0 Å². The van der Waals surface area contributed by atoms with Crippen LogP contribution in [0.15, 0.2) is 57.9 Å². The van der Waals surface area contributed by atoms with E-state index >= 15 is 0 Å². The van der Waals surface area contributed by atoms with Crippen LogP contribution in [0.25, 0.3) is 6.08 Å². The fourth-order valence-electron chi connectivity index (χ4n) is 3.60. The number of rotatable bonds is 8. The maximum atomic E-state index is 13.0.